The normalized spacial score (nSPS) is 10.4. The number of hydrogen-bond acceptors (Lipinski definition) is 3. The topological polar surface area (TPSA) is 37.3 Å². The Balaban J connectivity index is 4.64. The fourth-order valence-corrected chi connectivity index (χ4v) is 1.54. The molecule has 6 heteroatoms. The van der Waals surface area contributed by atoms with Crippen molar-refractivity contribution in [3.05, 3.63) is 0 Å². The van der Waals surface area contributed by atoms with Gasteiger partial charge in [0.2, 0.25) is 0 Å². The fraction of sp³-hybridized carbons (Fsp3) is 0.250. The van der Waals surface area contributed by atoms with Crippen molar-refractivity contribution in [1.82, 2.24) is 0 Å². The molecule has 0 aromatic heterocycles. The van der Waals surface area contributed by atoms with Crippen molar-refractivity contribution in [1.29, 1.82) is 0 Å². The van der Waals surface area contributed by atoms with E-state index >= 15 is 0 Å². The summed E-state index contributed by atoms with van der Waals surface area (Å²) in [5, 5.41) is 8.41. The van der Waals surface area contributed by atoms with Gasteiger partial charge in [0.05, 0.1) is 0 Å². The van der Waals surface area contributed by atoms with Gasteiger partial charge in [-0.2, -0.15) is 0 Å². The van der Waals surface area contributed by atoms with Crippen molar-refractivity contribution in [2.75, 3.05) is 0 Å². The van der Waals surface area contributed by atoms with Gasteiger partial charge in [-0.1, -0.05) is 0 Å². The zero-order chi connectivity index (χ0) is 7.98. The molecule has 52 valence electrons. The third-order valence-electron chi connectivity index (χ3n) is 0.611. The molecular weight excluding hydrogens is 206 g/mol. The summed E-state index contributed by atoms with van der Waals surface area (Å²) in [6, 6.07) is 0. The monoisotopic (exact) mass is 208 g/mol. The SMILES string of the molecule is O=C(O)C(C#P=S)C#P=S. The van der Waals surface area contributed by atoms with E-state index in [2.05, 4.69) is 34.9 Å². The van der Waals surface area contributed by atoms with Crippen LogP contribution in [0.1, 0.15) is 0 Å². The first kappa shape index (κ1) is 10.3. The van der Waals surface area contributed by atoms with Crippen molar-refractivity contribution in [2.45, 2.75) is 0 Å². The van der Waals surface area contributed by atoms with Crippen LogP contribution in [0.15, 0.2) is 0 Å². The van der Waals surface area contributed by atoms with Gasteiger partial charge in [-0.05, 0) is 0 Å². The number of rotatable bonds is 1. The fourth-order valence-electron chi connectivity index (χ4n) is 0.245. The number of aliphatic carboxylic acids is 1. The average molecular weight is 208 g/mol. The second-order valence-electron chi connectivity index (χ2n) is 1.21. The minimum absolute atomic E-state index is 0.399. The van der Waals surface area contributed by atoms with Crippen LogP contribution in [-0.4, -0.2) is 11.1 Å². The van der Waals surface area contributed by atoms with E-state index in [0.29, 0.717) is 13.6 Å². The summed E-state index contributed by atoms with van der Waals surface area (Å²) in [5.41, 5.74) is 4.97. The van der Waals surface area contributed by atoms with Crippen molar-refractivity contribution >= 4 is 43.2 Å². The van der Waals surface area contributed by atoms with Gasteiger partial charge in [-0.15, -0.1) is 0 Å². The Labute approximate surface area is 70.5 Å². The predicted molar refractivity (Wildman–Crippen MR) is 47.5 cm³/mol. The molecule has 0 aliphatic rings. The molecule has 0 aromatic carbocycles. The number of hydrogen-bond donors (Lipinski definition) is 1. The Hall–Kier alpha value is 0.330. The standard InChI is InChI=1S/C4H2O2P2S2/c5-4(6)3(1-7-9)2-8-10/h3H,(H,5,6). The first-order valence-corrected chi connectivity index (χ1v) is 5.92. The zero-order valence-electron chi connectivity index (χ0n) is 4.64. The van der Waals surface area contributed by atoms with Crippen LogP contribution in [0.25, 0.3) is 0 Å². The van der Waals surface area contributed by atoms with Crippen molar-refractivity contribution in [3.63, 3.8) is 0 Å². The molecule has 0 aromatic rings. The molecule has 0 rings (SSSR count). The van der Waals surface area contributed by atoms with Crippen LogP contribution in [0.2, 0.25) is 0 Å². The molecule has 0 fully saturated rings. The maximum absolute atomic E-state index is 10.3. The summed E-state index contributed by atoms with van der Waals surface area (Å²) in [7, 11) is 0. The van der Waals surface area contributed by atoms with Crippen LogP contribution < -0.4 is 0 Å². The maximum atomic E-state index is 10.3. The van der Waals surface area contributed by atoms with Gasteiger partial charge in [-0.3, -0.25) is 0 Å². The molecule has 10 heavy (non-hydrogen) atoms. The van der Waals surface area contributed by atoms with Crippen molar-refractivity contribution in [3.8, 4) is 11.3 Å². The van der Waals surface area contributed by atoms with Crippen molar-refractivity contribution in [2.24, 2.45) is 5.92 Å². The van der Waals surface area contributed by atoms with Gasteiger partial charge in [0.15, 0.2) is 0 Å². The van der Waals surface area contributed by atoms with E-state index in [1.165, 1.54) is 0 Å². The van der Waals surface area contributed by atoms with Gasteiger partial charge in [0.1, 0.15) is 0 Å². The van der Waals surface area contributed by atoms with E-state index in [1.807, 2.05) is 0 Å². The number of carbonyl (C=O) groups is 1. The molecule has 0 saturated heterocycles. The van der Waals surface area contributed by atoms with Gasteiger partial charge in [0.25, 0.3) is 0 Å². The van der Waals surface area contributed by atoms with Gasteiger partial charge in [-0.25, -0.2) is 0 Å². The number of carboxylic acid groups (broad SMARTS) is 1. The molecule has 0 heterocycles. The minimum atomic E-state index is -1.00. The predicted octanol–water partition coefficient (Wildman–Crippen LogP) is 1.42. The van der Waals surface area contributed by atoms with Crippen molar-refractivity contribution < 1.29 is 9.90 Å². The molecule has 2 nitrogen and oxygen atoms in total. The Kier molecular flexibility index (Phi) is 6.27. The molecule has 0 radical (unpaired) electrons. The molecule has 0 bridgehead atoms. The van der Waals surface area contributed by atoms with Crippen LogP contribution in [0.5, 0.6) is 0 Å². The molecule has 0 amide bonds. The van der Waals surface area contributed by atoms with E-state index in [-0.39, 0.29) is 0 Å². The van der Waals surface area contributed by atoms with Crippen LogP contribution in [-0.2, 0) is 28.4 Å². The molecule has 0 atom stereocenters. The first-order chi connectivity index (χ1) is 4.72. The molecule has 0 aliphatic carbocycles. The molecule has 0 spiro atoms. The van der Waals surface area contributed by atoms with Crippen LogP contribution in [0, 0.1) is 17.2 Å². The van der Waals surface area contributed by atoms with E-state index in [0.717, 1.165) is 0 Å². The van der Waals surface area contributed by atoms with Gasteiger partial charge in [0, 0.05) is 0 Å². The second kappa shape index (κ2) is 6.07. The summed E-state index contributed by atoms with van der Waals surface area (Å²) in [4.78, 5) is 10.3. The second-order valence-corrected chi connectivity index (χ2v) is 3.19. The summed E-state index contributed by atoms with van der Waals surface area (Å²) in [6.45, 7) is 0.797. The molecule has 0 aliphatic heterocycles. The first-order valence-electron chi connectivity index (χ1n) is 2.11. The number of carboxylic acids is 1. The Bertz CT molecular complexity index is 296. The van der Waals surface area contributed by atoms with E-state index in [4.69, 9.17) is 5.11 Å². The third-order valence-corrected chi connectivity index (χ3v) is 1.97. The van der Waals surface area contributed by atoms with Crippen LogP contribution >= 0.6 is 13.6 Å². The summed E-state index contributed by atoms with van der Waals surface area (Å²) in [6.07, 6.45) is 0. The van der Waals surface area contributed by atoms with Gasteiger partial charge >= 0.3 is 70.3 Å². The summed E-state index contributed by atoms with van der Waals surface area (Å²) in [5.74, 6) is -1.84. The van der Waals surface area contributed by atoms with E-state index < -0.39 is 11.9 Å². The van der Waals surface area contributed by atoms with E-state index in [1.54, 1.807) is 0 Å². The summed E-state index contributed by atoms with van der Waals surface area (Å²) < 4.78 is 0. The third kappa shape index (κ3) is 4.19. The van der Waals surface area contributed by atoms with Crippen LogP contribution in [0.3, 0.4) is 0 Å². The van der Waals surface area contributed by atoms with Crippen LogP contribution in [0.4, 0.5) is 0 Å². The molecule has 0 unspecified atom stereocenters. The molecular formula is C4H2O2P2S2. The Morgan fingerprint density at radius 2 is 1.80 bits per heavy atom. The Morgan fingerprint density at radius 3 is 2.00 bits per heavy atom. The van der Waals surface area contributed by atoms with E-state index in [9.17, 15) is 4.79 Å². The zero-order valence-corrected chi connectivity index (χ0v) is 8.07. The molecule has 1 N–H and O–H groups in total. The quantitative estimate of drug-likeness (QED) is 0.661. The molecule has 0 saturated carbocycles. The van der Waals surface area contributed by atoms with Gasteiger partial charge < -0.3 is 0 Å². The summed E-state index contributed by atoms with van der Waals surface area (Å²) >= 11 is 8.96. The average Bonchev–Trinajstić information content (AvgIpc) is 1.87. The Morgan fingerprint density at radius 1 is 1.40 bits per heavy atom.